The van der Waals surface area contributed by atoms with Crippen molar-refractivity contribution < 1.29 is 9.18 Å². The summed E-state index contributed by atoms with van der Waals surface area (Å²) in [7, 11) is 0. The molecule has 1 amide bonds. The Bertz CT molecular complexity index is 1140. The third-order valence-corrected chi connectivity index (χ3v) is 5.81. The van der Waals surface area contributed by atoms with E-state index in [0.717, 1.165) is 5.56 Å². The molecular formula is C23H22ClFN4O2. The number of nitrogens with zero attached hydrogens (tertiary/aromatic N) is 3. The average molecular weight is 441 g/mol. The lowest BCUT2D eigenvalue weighted by molar-refractivity contribution is -0.125. The molecule has 0 aliphatic carbocycles. The van der Waals surface area contributed by atoms with Crippen LogP contribution in [0.4, 0.5) is 10.2 Å². The fourth-order valence-electron chi connectivity index (χ4n) is 3.70. The van der Waals surface area contributed by atoms with Gasteiger partial charge in [0, 0.05) is 36.6 Å². The highest BCUT2D eigenvalue weighted by molar-refractivity contribution is 6.31. The number of hydrogen-bond acceptors (Lipinski definition) is 4. The van der Waals surface area contributed by atoms with Gasteiger partial charge in [0.25, 0.3) is 5.56 Å². The highest BCUT2D eigenvalue weighted by Gasteiger charge is 2.26. The van der Waals surface area contributed by atoms with Crippen molar-refractivity contribution >= 4 is 23.3 Å². The van der Waals surface area contributed by atoms with Gasteiger partial charge in [0.15, 0.2) is 0 Å². The molecule has 0 radical (unpaired) electrons. The van der Waals surface area contributed by atoms with Crippen molar-refractivity contribution in [2.75, 3.05) is 18.0 Å². The fraction of sp³-hybridized carbons (Fsp3) is 0.261. The van der Waals surface area contributed by atoms with Crippen molar-refractivity contribution in [2.45, 2.75) is 19.4 Å². The Hall–Kier alpha value is -3.19. The van der Waals surface area contributed by atoms with Crippen LogP contribution in [-0.2, 0) is 11.3 Å². The molecule has 8 heteroatoms. The Labute approximate surface area is 184 Å². The van der Waals surface area contributed by atoms with E-state index in [2.05, 4.69) is 10.4 Å². The first kappa shape index (κ1) is 21.1. The smallest absolute Gasteiger partial charge is 0.271 e. The molecular weight excluding hydrogens is 419 g/mol. The van der Waals surface area contributed by atoms with Gasteiger partial charge >= 0.3 is 0 Å². The lowest BCUT2D eigenvalue weighted by Crippen LogP contribution is -2.41. The van der Waals surface area contributed by atoms with Crippen LogP contribution in [0.2, 0.25) is 5.02 Å². The number of nitrogens with one attached hydrogen (secondary N) is 1. The molecule has 2 heterocycles. The summed E-state index contributed by atoms with van der Waals surface area (Å²) in [5.41, 5.74) is 0.933. The van der Waals surface area contributed by atoms with Crippen LogP contribution in [0.1, 0.15) is 18.4 Å². The summed E-state index contributed by atoms with van der Waals surface area (Å²) in [4.78, 5) is 26.8. The van der Waals surface area contributed by atoms with Crippen LogP contribution >= 0.6 is 11.6 Å². The minimum absolute atomic E-state index is 0.0114. The summed E-state index contributed by atoms with van der Waals surface area (Å²) >= 11 is 6.15. The van der Waals surface area contributed by atoms with Crippen molar-refractivity contribution in [3.8, 4) is 5.69 Å². The normalized spacial score (nSPS) is 14.5. The number of anilines is 1. The molecule has 31 heavy (non-hydrogen) atoms. The molecule has 1 N–H and O–H groups in total. The maximum Gasteiger partial charge on any atom is 0.271 e. The Morgan fingerprint density at radius 2 is 1.87 bits per heavy atom. The summed E-state index contributed by atoms with van der Waals surface area (Å²) < 4.78 is 14.7. The van der Waals surface area contributed by atoms with Gasteiger partial charge in [-0.05, 0) is 48.7 Å². The van der Waals surface area contributed by atoms with Crippen LogP contribution in [0.5, 0.6) is 0 Å². The van der Waals surface area contributed by atoms with Crippen molar-refractivity contribution in [1.82, 2.24) is 15.1 Å². The van der Waals surface area contributed by atoms with E-state index in [9.17, 15) is 14.0 Å². The minimum atomic E-state index is -0.430. The van der Waals surface area contributed by atoms with Crippen LogP contribution in [-0.4, -0.2) is 28.8 Å². The van der Waals surface area contributed by atoms with E-state index in [1.54, 1.807) is 18.2 Å². The Kier molecular flexibility index (Phi) is 6.32. The third kappa shape index (κ3) is 4.94. The first-order valence-corrected chi connectivity index (χ1v) is 10.5. The molecule has 3 aromatic rings. The van der Waals surface area contributed by atoms with Crippen LogP contribution < -0.4 is 15.8 Å². The molecule has 1 aliphatic rings. The van der Waals surface area contributed by atoms with Crippen molar-refractivity contribution in [1.29, 1.82) is 0 Å². The van der Waals surface area contributed by atoms with E-state index in [1.165, 1.54) is 28.9 Å². The monoisotopic (exact) mass is 440 g/mol. The van der Waals surface area contributed by atoms with E-state index in [1.807, 2.05) is 23.1 Å². The zero-order valence-electron chi connectivity index (χ0n) is 16.8. The van der Waals surface area contributed by atoms with Crippen molar-refractivity contribution in [3.63, 3.8) is 0 Å². The van der Waals surface area contributed by atoms with Gasteiger partial charge in [-0.25, -0.2) is 4.39 Å². The minimum Gasteiger partial charge on any atom is -0.355 e. The van der Waals surface area contributed by atoms with Crippen molar-refractivity contribution in [3.05, 3.63) is 87.4 Å². The van der Waals surface area contributed by atoms with Crippen LogP contribution in [0.15, 0.2) is 65.5 Å². The number of carbonyl (C=O) groups excluding carboxylic acids is 1. The maximum absolute atomic E-state index is 13.6. The summed E-state index contributed by atoms with van der Waals surface area (Å²) in [6.45, 7) is 1.68. The molecule has 2 aromatic carbocycles. The van der Waals surface area contributed by atoms with E-state index >= 15 is 0 Å². The Morgan fingerprint density at radius 3 is 2.61 bits per heavy atom. The highest BCUT2D eigenvalue weighted by atomic mass is 35.5. The second kappa shape index (κ2) is 9.31. The number of piperidine rings is 1. The number of halogens is 2. The Balaban J connectivity index is 1.38. The largest absolute Gasteiger partial charge is 0.355 e. The van der Waals surface area contributed by atoms with Crippen LogP contribution in [0, 0.1) is 11.7 Å². The molecule has 0 spiro atoms. The van der Waals surface area contributed by atoms with Gasteiger partial charge in [0.2, 0.25) is 5.91 Å². The average Bonchev–Trinajstić information content (AvgIpc) is 2.79. The quantitative estimate of drug-likeness (QED) is 0.658. The summed E-state index contributed by atoms with van der Waals surface area (Å²) in [5.74, 6) is 0.115. The van der Waals surface area contributed by atoms with Gasteiger partial charge in [0.1, 0.15) is 11.6 Å². The maximum atomic E-state index is 13.6. The molecule has 160 valence electrons. The predicted octanol–water partition coefficient (Wildman–Crippen LogP) is 3.56. The molecule has 0 atom stereocenters. The van der Waals surface area contributed by atoms with E-state index in [4.69, 9.17) is 11.6 Å². The predicted molar refractivity (Wildman–Crippen MR) is 118 cm³/mol. The van der Waals surface area contributed by atoms with Crippen LogP contribution in [0.3, 0.4) is 0 Å². The molecule has 1 aliphatic heterocycles. The molecule has 4 rings (SSSR count). The zero-order valence-corrected chi connectivity index (χ0v) is 17.6. The van der Waals surface area contributed by atoms with Crippen molar-refractivity contribution in [2.24, 2.45) is 5.92 Å². The molecule has 0 saturated carbocycles. The summed E-state index contributed by atoms with van der Waals surface area (Å²) in [6.07, 6.45) is 1.35. The molecule has 1 saturated heterocycles. The molecule has 1 aromatic heterocycles. The van der Waals surface area contributed by atoms with Crippen LogP contribution in [0.25, 0.3) is 5.69 Å². The number of benzene rings is 2. The van der Waals surface area contributed by atoms with Gasteiger partial charge < -0.3 is 10.2 Å². The number of carbonyl (C=O) groups is 1. The van der Waals surface area contributed by atoms with E-state index in [0.29, 0.717) is 49.0 Å². The topological polar surface area (TPSA) is 67.2 Å². The third-order valence-electron chi connectivity index (χ3n) is 5.44. The number of aromatic nitrogens is 2. The van der Waals surface area contributed by atoms with Gasteiger partial charge in [-0.1, -0.05) is 35.9 Å². The number of rotatable bonds is 5. The lowest BCUT2D eigenvalue weighted by Gasteiger charge is -2.32. The molecule has 0 bridgehead atoms. The highest BCUT2D eigenvalue weighted by Crippen LogP contribution is 2.22. The molecule has 6 nitrogen and oxygen atoms in total. The molecule has 1 fully saturated rings. The first-order valence-electron chi connectivity index (χ1n) is 10.1. The Morgan fingerprint density at radius 1 is 1.10 bits per heavy atom. The van der Waals surface area contributed by atoms with E-state index in [-0.39, 0.29) is 17.4 Å². The molecule has 0 unspecified atom stereocenters. The summed E-state index contributed by atoms with van der Waals surface area (Å²) in [6, 6.07) is 16.3. The second-order valence-electron chi connectivity index (χ2n) is 7.49. The number of hydrogen-bond donors (Lipinski definition) is 1. The number of amides is 1. The second-order valence-corrected chi connectivity index (χ2v) is 7.90. The summed E-state index contributed by atoms with van der Waals surface area (Å²) in [5, 5.41) is 8.02. The standard InChI is InChI=1S/C23H22ClFN4O2/c24-20-7-2-1-4-17(20)15-26-23(31)16-10-12-28(13-11-16)21-8-9-22(30)29(27-21)19-6-3-5-18(25)14-19/h1-9,14,16H,10-13,15H2,(H,26,31). The fourth-order valence-corrected chi connectivity index (χ4v) is 3.90. The van der Waals surface area contributed by atoms with Gasteiger partial charge in [0.05, 0.1) is 5.69 Å². The van der Waals surface area contributed by atoms with Gasteiger partial charge in [-0.3, -0.25) is 9.59 Å². The lowest BCUT2D eigenvalue weighted by atomic mass is 9.96. The van der Waals surface area contributed by atoms with Gasteiger partial charge in [-0.15, -0.1) is 5.10 Å². The first-order chi connectivity index (χ1) is 15.0. The SMILES string of the molecule is O=C(NCc1ccccc1Cl)C1CCN(c2ccc(=O)n(-c3cccc(F)c3)n2)CC1. The zero-order chi connectivity index (χ0) is 21.8. The van der Waals surface area contributed by atoms with E-state index < -0.39 is 5.82 Å². The van der Waals surface area contributed by atoms with Gasteiger partial charge in [-0.2, -0.15) is 4.68 Å².